The van der Waals surface area contributed by atoms with Crippen LogP contribution in [0.25, 0.3) is 0 Å². The van der Waals surface area contributed by atoms with E-state index in [4.69, 9.17) is 11.8 Å². The third-order valence-corrected chi connectivity index (χ3v) is 5.14. The van der Waals surface area contributed by atoms with E-state index in [-0.39, 0.29) is 32.7 Å². The van der Waals surface area contributed by atoms with Crippen molar-refractivity contribution in [1.82, 2.24) is 0 Å². The molecule has 91 valence electrons. The van der Waals surface area contributed by atoms with E-state index >= 15 is 0 Å². The summed E-state index contributed by atoms with van der Waals surface area (Å²) in [5.74, 6) is 1.87. The molecule has 2 fully saturated rings. The molecule has 0 saturated heterocycles. The Morgan fingerprint density at radius 2 is 2.24 bits per heavy atom. The van der Waals surface area contributed by atoms with Crippen LogP contribution in [-0.2, 0) is 32.7 Å². The number of nitrogens with zero attached hydrogens (tertiary/aromatic N) is 1. The molecule has 0 amide bonds. The van der Waals surface area contributed by atoms with Gasteiger partial charge in [0.25, 0.3) is 0 Å². The van der Waals surface area contributed by atoms with Crippen LogP contribution in [0.1, 0.15) is 52.4 Å². The molecular formula is C15H22NY-. The van der Waals surface area contributed by atoms with Crippen LogP contribution < -0.4 is 0 Å². The van der Waals surface area contributed by atoms with Crippen LogP contribution in [0.15, 0.2) is 5.57 Å². The fourth-order valence-electron chi connectivity index (χ4n) is 4.30. The maximum absolute atomic E-state index is 8.85. The molecule has 1 radical (unpaired) electrons. The standard InChI is InChI=1S/C15H22N.Y/c1-11-5-4-9-15(3)13(11)6-7-14(15)12(2)8-10-16;/h1,12-14H,4-9H2,2-3H3;/q-1;/t12-,13?,14-,15+;/m1./s1. The van der Waals surface area contributed by atoms with Crippen molar-refractivity contribution < 1.29 is 32.7 Å². The summed E-state index contributed by atoms with van der Waals surface area (Å²) in [7, 11) is 0. The molecule has 17 heavy (non-hydrogen) atoms. The van der Waals surface area contributed by atoms with Crippen molar-refractivity contribution in [2.75, 3.05) is 0 Å². The Bertz CT molecular complexity index is 330. The normalized spacial score (nSPS) is 37.8. The first kappa shape index (κ1) is 15.4. The largest absolute Gasteiger partial charge is 0.514 e. The molecule has 0 bridgehead atoms. The summed E-state index contributed by atoms with van der Waals surface area (Å²) in [6.45, 7) is 10.8. The van der Waals surface area contributed by atoms with Crippen molar-refractivity contribution in [3.8, 4) is 6.07 Å². The monoisotopic (exact) mass is 305 g/mol. The van der Waals surface area contributed by atoms with Crippen LogP contribution in [0.5, 0.6) is 0 Å². The zero-order valence-corrected chi connectivity index (χ0v) is 13.9. The van der Waals surface area contributed by atoms with Gasteiger partial charge in [-0.15, -0.1) is 0 Å². The van der Waals surface area contributed by atoms with E-state index in [0.29, 0.717) is 29.6 Å². The SMILES string of the molecule is [CH-]=C1CCC[C@@]2(C)C1CC[C@@H]2[C@H](C)CC#N.[Y]. The summed E-state index contributed by atoms with van der Waals surface area (Å²) in [4.78, 5) is 0. The Morgan fingerprint density at radius 3 is 2.88 bits per heavy atom. The zero-order chi connectivity index (χ0) is 11.8. The molecule has 2 saturated carbocycles. The molecule has 2 rings (SSSR count). The van der Waals surface area contributed by atoms with E-state index < -0.39 is 0 Å². The quantitative estimate of drug-likeness (QED) is 0.704. The Hall–Kier alpha value is 0.334. The number of rotatable bonds is 2. The second-order valence-corrected chi connectivity index (χ2v) is 6.01. The zero-order valence-electron chi connectivity index (χ0n) is 11.1. The van der Waals surface area contributed by atoms with Gasteiger partial charge >= 0.3 is 0 Å². The summed E-state index contributed by atoms with van der Waals surface area (Å²) in [6, 6.07) is 2.33. The number of fused-ring (bicyclic) bond motifs is 1. The minimum Gasteiger partial charge on any atom is -0.514 e. The summed E-state index contributed by atoms with van der Waals surface area (Å²) in [5.41, 5.74) is 1.62. The number of hydrogen-bond donors (Lipinski definition) is 0. The van der Waals surface area contributed by atoms with Crippen molar-refractivity contribution in [2.45, 2.75) is 52.4 Å². The average molecular weight is 305 g/mol. The minimum absolute atomic E-state index is 0. The van der Waals surface area contributed by atoms with E-state index in [2.05, 4.69) is 19.9 Å². The number of nitriles is 1. The van der Waals surface area contributed by atoms with Gasteiger partial charge in [-0.2, -0.15) is 5.26 Å². The molecule has 2 heteroatoms. The summed E-state index contributed by atoms with van der Waals surface area (Å²) in [6.07, 6.45) is 6.90. The fraction of sp³-hybridized carbons (Fsp3) is 0.800. The fourth-order valence-corrected chi connectivity index (χ4v) is 4.30. The minimum atomic E-state index is 0. The van der Waals surface area contributed by atoms with Gasteiger partial charge in [-0.05, 0) is 42.4 Å². The molecular weight excluding hydrogens is 283 g/mol. The van der Waals surface area contributed by atoms with Crippen LogP contribution in [0.2, 0.25) is 0 Å². The smallest absolute Gasteiger partial charge is 0.0624 e. The molecule has 1 nitrogen and oxygen atoms in total. The van der Waals surface area contributed by atoms with Gasteiger partial charge in [0, 0.05) is 39.1 Å². The van der Waals surface area contributed by atoms with Gasteiger partial charge in [0.05, 0.1) is 6.07 Å². The van der Waals surface area contributed by atoms with Gasteiger partial charge in [-0.3, -0.25) is 5.57 Å². The van der Waals surface area contributed by atoms with Gasteiger partial charge in [0.2, 0.25) is 0 Å². The Balaban J connectivity index is 0.00000144. The molecule has 0 spiro atoms. The molecule has 2 aliphatic carbocycles. The summed E-state index contributed by atoms with van der Waals surface area (Å²) in [5, 5.41) is 8.85. The van der Waals surface area contributed by atoms with Crippen molar-refractivity contribution in [3.63, 3.8) is 0 Å². The van der Waals surface area contributed by atoms with Crippen LogP contribution in [0, 0.1) is 41.1 Å². The molecule has 0 aromatic rings. The van der Waals surface area contributed by atoms with E-state index in [9.17, 15) is 0 Å². The summed E-state index contributed by atoms with van der Waals surface area (Å²) >= 11 is 0. The number of hydrogen-bond acceptors (Lipinski definition) is 1. The maximum Gasteiger partial charge on any atom is 0.0624 e. The van der Waals surface area contributed by atoms with E-state index in [0.717, 1.165) is 6.42 Å². The van der Waals surface area contributed by atoms with Crippen molar-refractivity contribution in [2.24, 2.45) is 23.2 Å². The predicted octanol–water partition coefficient (Wildman–Crippen LogP) is 4.11. The summed E-state index contributed by atoms with van der Waals surface area (Å²) < 4.78 is 0. The molecule has 0 N–H and O–H groups in total. The van der Waals surface area contributed by atoms with E-state index in [1.54, 1.807) is 0 Å². The van der Waals surface area contributed by atoms with Crippen LogP contribution in [-0.4, -0.2) is 0 Å². The second-order valence-electron chi connectivity index (χ2n) is 6.01. The Labute approximate surface area is 131 Å². The third-order valence-electron chi connectivity index (χ3n) is 5.14. The molecule has 0 aromatic carbocycles. The topological polar surface area (TPSA) is 23.8 Å². The van der Waals surface area contributed by atoms with Crippen LogP contribution in [0.3, 0.4) is 0 Å². The number of allylic oxidation sites excluding steroid dienone is 1. The van der Waals surface area contributed by atoms with Gasteiger partial charge in [-0.25, -0.2) is 0 Å². The van der Waals surface area contributed by atoms with Gasteiger partial charge in [0.15, 0.2) is 0 Å². The Morgan fingerprint density at radius 1 is 1.53 bits per heavy atom. The van der Waals surface area contributed by atoms with Crippen LogP contribution in [0.4, 0.5) is 0 Å². The molecule has 0 aliphatic heterocycles. The second kappa shape index (κ2) is 5.98. The van der Waals surface area contributed by atoms with Gasteiger partial charge < -0.3 is 6.58 Å². The molecule has 1 unspecified atom stereocenters. The average Bonchev–Trinajstić information content (AvgIpc) is 2.57. The predicted molar refractivity (Wildman–Crippen MR) is 65.4 cm³/mol. The van der Waals surface area contributed by atoms with Crippen molar-refractivity contribution in [1.29, 1.82) is 5.26 Å². The molecule has 2 aliphatic rings. The first-order valence-corrected chi connectivity index (χ1v) is 6.57. The first-order chi connectivity index (χ1) is 7.59. The third kappa shape index (κ3) is 2.69. The molecule has 4 atom stereocenters. The maximum atomic E-state index is 8.85. The van der Waals surface area contributed by atoms with Crippen molar-refractivity contribution in [3.05, 3.63) is 12.2 Å². The van der Waals surface area contributed by atoms with Gasteiger partial charge in [-0.1, -0.05) is 26.7 Å². The van der Waals surface area contributed by atoms with Crippen molar-refractivity contribution >= 4 is 0 Å². The molecule has 0 aromatic heterocycles. The first-order valence-electron chi connectivity index (χ1n) is 6.57. The van der Waals surface area contributed by atoms with Gasteiger partial charge in [0.1, 0.15) is 0 Å². The Kier molecular flexibility index (Phi) is 5.42. The molecule has 0 heterocycles. The van der Waals surface area contributed by atoms with E-state index in [1.165, 1.54) is 31.3 Å². The van der Waals surface area contributed by atoms with E-state index in [1.807, 2.05) is 0 Å². The van der Waals surface area contributed by atoms with Crippen LogP contribution >= 0.6 is 0 Å².